The van der Waals surface area contributed by atoms with Gasteiger partial charge in [-0.15, -0.1) is 0 Å². The lowest BCUT2D eigenvalue weighted by atomic mass is 10.2. The van der Waals surface area contributed by atoms with E-state index >= 15 is 0 Å². The molecular weight excluding hydrogens is 547 g/mol. The highest BCUT2D eigenvalue weighted by Gasteiger charge is 2.33. The van der Waals surface area contributed by atoms with Gasteiger partial charge in [-0.05, 0) is 48.0 Å². The molecule has 210 valence electrons. The van der Waals surface area contributed by atoms with E-state index < -0.39 is 22.7 Å². The summed E-state index contributed by atoms with van der Waals surface area (Å²) in [6, 6.07) is 13.1. The molecule has 0 bridgehead atoms. The maximum absolute atomic E-state index is 13.1. The van der Waals surface area contributed by atoms with Crippen molar-refractivity contribution in [3.63, 3.8) is 0 Å². The van der Waals surface area contributed by atoms with Crippen LogP contribution >= 0.6 is 11.6 Å². The van der Waals surface area contributed by atoms with Crippen LogP contribution in [0.1, 0.15) is 21.6 Å². The molecule has 1 saturated heterocycles. The third kappa shape index (κ3) is 8.54. The molecule has 0 unspecified atom stereocenters. The highest BCUT2D eigenvalue weighted by molar-refractivity contribution is 6.31. The molecule has 1 fully saturated rings. The third-order valence-corrected chi connectivity index (χ3v) is 6.28. The van der Waals surface area contributed by atoms with Gasteiger partial charge >= 0.3 is 6.18 Å². The largest absolute Gasteiger partial charge is 0.457 e. The van der Waals surface area contributed by atoms with E-state index in [1.807, 2.05) is 0 Å². The Bertz CT molecular complexity index is 1380. The minimum atomic E-state index is -4.64. The maximum atomic E-state index is 13.1. The SMILES string of the molecule is O=C(C=Cc1cccc(Oc2ccnc(C(=O)NCCN3CCNCC3)c2)c1)Nc1ccc(Cl)c(C(F)(F)F)c1. The second kappa shape index (κ2) is 13.4. The van der Waals surface area contributed by atoms with Gasteiger partial charge in [0, 0.05) is 63.3 Å². The maximum Gasteiger partial charge on any atom is 0.417 e. The van der Waals surface area contributed by atoms with Gasteiger partial charge in [0.25, 0.3) is 5.91 Å². The van der Waals surface area contributed by atoms with Crippen LogP contribution in [0.15, 0.2) is 66.9 Å². The Kier molecular flexibility index (Phi) is 9.75. The number of anilines is 1. The molecule has 40 heavy (non-hydrogen) atoms. The zero-order valence-electron chi connectivity index (χ0n) is 21.3. The Morgan fingerprint density at radius 2 is 1.85 bits per heavy atom. The summed E-state index contributed by atoms with van der Waals surface area (Å²) in [5, 5.41) is 8.10. The number of nitrogens with one attached hydrogen (secondary N) is 3. The number of hydrogen-bond donors (Lipinski definition) is 3. The first kappa shape index (κ1) is 29.1. The van der Waals surface area contributed by atoms with Crippen molar-refractivity contribution in [3.8, 4) is 11.5 Å². The fourth-order valence-electron chi connectivity index (χ4n) is 3.95. The van der Waals surface area contributed by atoms with Crippen molar-refractivity contribution in [1.29, 1.82) is 0 Å². The van der Waals surface area contributed by atoms with Gasteiger partial charge < -0.3 is 20.7 Å². The molecule has 2 heterocycles. The van der Waals surface area contributed by atoms with Crippen LogP contribution in [0, 0.1) is 0 Å². The molecule has 0 saturated carbocycles. The molecule has 3 aromatic rings. The van der Waals surface area contributed by atoms with Crippen molar-refractivity contribution in [2.75, 3.05) is 44.6 Å². The lowest BCUT2D eigenvalue weighted by molar-refractivity contribution is -0.137. The van der Waals surface area contributed by atoms with Crippen molar-refractivity contribution in [3.05, 3.63) is 88.7 Å². The van der Waals surface area contributed by atoms with E-state index in [-0.39, 0.29) is 17.3 Å². The fourth-order valence-corrected chi connectivity index (χ4v) is 4.17. The molecular formula is C28H27ClF3N5O3. The van der Waals surface area contributed by atoms with Crippen molar-refractivity contribution < 1.29 is 27.5 Å². The molecule has 1 aliphatic heterocycles. The summed E-state index contributed by atoms with van der Waals surface area (Å²) in [6.45, 7) is 5.04. The van der Waals surface area contributed by atoms with Gasteiger partial charge in [0.1, 0.15) is 17.2 Å². The van der Waals surface area contributed by atoms with E-state index in [0.29, 0.717) is 23.6 Å². The number of alkyl halides is 3. The highest BCUT2D eigenvalue weighted by atomic mass is 35.5. The lowest BCUT2D eigenvalue weighted by Crippen LogP contribution is -2.46. The summed E-state index contributed by atoms with van der Waals surface area (Å²) in [5.41, 5.74) is -0.237. The zero-order valence-corrected chi connectivity index (χ0v) is 22.1. The molecule has 3 N–H and O–H groups in total. The molecule has 12 heteroatoms. The van der Waals surface area contributed by atoms with E-state index in [1.54, 1.807) is 30.3 Å². The smallest absolute Gasteiger partial charge is 0.417 e. The number of nitrogens with zero attached hydrogens (tertiary/aromatic N) is 2. The minimum Gasteiger partial charge on any atom is -0.457 e. The van der Waals surface area contributed by atoms with Gasteiger partial charge in [0.05, 0.1) is 10.6 Å². The van der Waals surface area contributed by atoms with E-state index in [4.69, 9.17) is 16.3 Å². The molecule has 4 rings (SSSR count). The van der Waals surface area contributed by atoms with E-state index in [9.17, 15) is 22.8 Å². The Balaban J connectivity index is 1.33. The van der Waals surface area contributed by atoms with Crippen LogP contribution in [0.4, 0.5) is 18.9 Å². The van der Waals surface area contributed by atoms with Crippen LogP contribution in [-0.4, -0.2) is 61.0 Å². The molecule has 0 spiro atoms. The van der Waals surface area contributed by atoms with Gasteiger partial charge in [-0.1, -0.05) is 23.7 Å². The summed E-state index contributed by atoms with van der Waals surface area (Å²) >= 11 is 5.62. The number of benzene rings is 2. The first-order valence-corrected chi connectivity index (χ1v) is 12.9. The van der Waals surface area contributed by atoms with Gasteiger partial charge in [-0.25, -0.2) is 0 Å². The predicted molar refractivity (Wildman–Crippen MR) is 147 cm³/mol. The monoisotopic (exact) mass is 573 g/mol. The number of aromatic nitrogens is 1. The Morgan fingerprint density at radius 3 is 2.62 bits per heavy atom. The summed E-state index contributed by atoms with van der Waals surface area (Å²) in [6.07, 6.45) is -0.475. The molecule has 2 aromatic carbocycles. The zero-order chi connectivity index (χ0) is 28.5. The van der Waals surface area contributed by atoms with Gasteiger partial charge in [-0.2, -0.15) is 13.2 Å². The lowest BCUT2D eigenvalue weighted by Gasteiger charge is -2.27. The van der Waals surface area contributed by atoms with Crippen LogP contribution in [0.2, 0.25) is 5.02 Å². The van der Waals surface area contributed by atoms with Gasteiger partial charge in [-0.3, -0.25) is 19.5 Å². The number of pyridine rings is 1. The van der Waals surface area contributed by atoms with Crippen molar-refractivity contribution >= 4 is 35.2 Å². The van der Waals surface area contributed by atoms with E-state index in [2.05, 4.69) is 25.8 Å². The molecule has 0 atom stereocenters. The first-order valence-electron chi connectivity index (χ1n) is 12.5. The molecule has 2 amide bonds. The topological polar surface area (TPSA) is 95.6 Å². The molecule has 8 nitrogen and oxygen atoms in total. The van der Waals surface area contributed by atoms with E-state index in [1.165, 1.54) is 30.5 Å². The van der Waals surface area contributed by atoms with Crippen LogP contribution in [-0.2, 0) is 11.0 Å². The van der Waals surface area contributed by atoms with Crippen LogP contribution in [0.3, 0.4) is 0 Å². The summed E-state index contributed by atoms with van der Waals surface area (Å²) in [4.78, 5) is 31.2. The molecule has 0 radical (unpaired) electrons. The molecule has 0 aliphatic carbocycles. The minimum absolute atomic E-state index is 0.0372. The average Bonchev–Trinajstić information content (AvgIpc) is 2.93. The molecule has 1 aliphatic rings. The summed E-state index contributed by atoms with van der Waals surface area (Å²) in [5.74, 6) is -0.0643. The van der Waals surface area contributed by atoms with Crippen LogP contribution in [0.5, 0.6) is 11.5 Å². The number of halogens is 4. The van der Waals surface area contributed by atoms with Gasteiger partial charge in [0.2, 0.25) is 5.91 Å². The molecule has 1 aromatic heterocycles. The highest BCUT2D eigenvalue weighted by Crippen LogP contribution is 2.36. The number of piperazine rings is 1. The fraction of sp³-hybridized carbons (Fsp3) is 0.250. The third-order valence-electron chi connectivity index (χ3n) is 5.95. The summed E-state index contributed by atoms with van der Waals surface area (Å²) < 4.78 is 45.0. The number of ether oxygens (including phenoxy) is 1. The predicted octanol–water partition coefficient (Wildman–Crippen LogP) is 4.83. The Morgan fingerprint density at radius 1 is 1.07 bits per heavy atom. The van der Waals surface area contributed by atoms with Crippen molar-refractivity contribution in [2.45, 2.75) is 6.18 Å². The quantitative estimate of drug-likeness (QED) is 0.317. The number of rotatable bonds is 9. The van der Waals surface area contributed by atoms with Gasteiger partial charge in [0.15, 0.2) is 0 Å². The first-order chi connectivity index (χ1) is 19.2. The Hall–Kier alpha value is -3.93. The number of carbonyl (C=O) groups excluding carboxylic acids is 2. The van der Waals surface area contributed by atoms with Crippen molar-refractivity contribution in [2.24, 2.45) is 0 Å². The van der Waals surface area contributed by atoms with Crippen molar-refractivity contribution in [1.82, 2.24) is 20.5 Å². The Labute approximate surface area is 234 Å². The second-order valence-corrected chi connectivity index (χ2v) is 9.32. The van der Waals surface area contributed by atoms with E-state index in [0.717, 1.165) is 44.9 Å². The average molecular weight is 574 g/mol. The standard InChI is InChI=1S/C28H27ClF3N5O3/c29-24-6-5-20(17-23(24)28(30,31)32)36-26(38)7-4-19-2-1-3-21(16-19)40-22-8-9-34-25(18-22)27(39)35-12-15-37-13-10-33-11-14-37/h1-9,16-18,33H,10-15H2,(H,35,39)(H,36,38). The number of carbonyl (C=O) groups is 2. The number of amides is 2. The van der Waals surface area contributed by atoms with Crippen LogP contribution < -0.4 is 20.7 Å². The van der Waals surface area contributed by atoms with Crippen LogP contribution in [0.25, 0.3) is 6.08 Å². The second-order valence-electron chi connectivity index (χ2n) is 8.91. The number of hydrogen-bond acceptors (Lipinski definition) is 6. The summed E-state index contributed by atoms with van der Waals surface area (Å²) in [7, 11) is 0. The normalized spacial score (nSPS) is 14.2.